The van der Waals surface area contributed by atoms with Crippen LogP contribution in [0.25, 0.3) is 66.0 Å². The summed E-state index contributed by atoms with van der Waals surface area (Å²) in [7, 11) is 0. The van der Waals surface area contributed by atoms with Crippen molar-refractivity contribution < 1.29 is 0 Å². The Balaban J connectivity index is 1.37. The van der Waals surface area contributed by atoms with Gasteiger partial charge in [-0.05, 0) is 68.1 Å². The lowest BCUT2D eigenvalue weighted by Crippen LogP contribution is -1.99. The Labute approximate surface area is 247 Å². The van der Waals surface area contributed by atoms with Crippen molar-refractivity contribution in [1.82, 2.24) is 9.97 Å². The summed E-state index contributed by atoms with van der Waals surface area (Å²) in [5.41, 5.74) is 11.5. The van der Waals surface area contributed by atoms with Gasteiger partial charge in [0.15, 0.2) is 0 Å². The van der Waals surface area contributed by atoms with E-state index in [1.165, 1.54) is 44.2 Å². The molecule has 42 heavy (non-hydrogen) atoms. The molecular formula is C40H34N2. The average Bonchev–Trinajstić information content (AvgIpc) is 3.03. The maximum absolute atomic E-state index is 5.16. The maximum Gasteiger partial charge on any atom is 0.0974 e. The molecule has 0 fully saturated rings. The van der Waals surface area contributed by atoms with Gasteiger partial charge in [-0.1, -0.05) is 137 Å². The molecule has 2 heterocycles. The zero-order valence-electron chi connectivity index (χ0n) is 24.6. The van der Waals surface area contributed by atoms with Gasteiger partial charge in [-0.3, -0.25) is 9.97 Å². The highest BCUT2D eigenvalue weighted by Gasteiger charge is 2.15. The highest BCUT2D eigenvalue weighted by atomic mass is 14.8. The molecule has 0 aliphatic carbocycles. The number of hydrogen-bond donors (Lipinski definition) is 0. The zero-order valence-corrected chi connectivity index (χ0v) is 24.6. The van der Waals surface area contributed by atoms with E-state index in [9.17, 15) is 0 Å². The number of rotatable bonds is 5. The first-order valence-electron chi connectivity index (χ1n) is 14.9. The minimum absolute atomic E-state index is 0.311. The lowest BCUT2D eigenvalue weighted by atomic mass is 9.91. The van der Waals surface area contributed by atoms with Gasteiger partial charge in [0, 0.05) is 22.2 Å². The Hall–Kier alpha value is -4.82. The molecule has 5 aromatic carbocycles. The van der Waals surface area contributed by atoms with Crippen molar-refractivity contribution in [3.8, 4) is 33.4 Å². The first-order chi connectivity index (χ1) is 20.5. The smallest absolute Gasteiger partial charge is 0.0974 e. The fourth-order valence-electron chi connectivity index (χ4n) is 6.01. The summed E-state index contributed by atoms with van der Waals surface area (Å²) in [6.45, 7) is 8.81. The molecule has 0 radical (unpaired) electrons. The molecular weight excluding hydrogens is 508 g/mol. The molecule has 0 atom stereocenters. The van der Waals surface area contributed by atoms with Crippen LogP contribution in [0, 0.1) is 0 Å². The van der Waals surface area contributed by atoms with Gasteiger partial charge in [0.1, 0.15) is 0 Å². The van der Waals surface area contributed by atoms with Gasteiger partial charge in [-0.25, -0.2) is 0 Å². The standard InChI is InChI=1S/C40H34N2/c1-25(2)37-23-19-30-18-20-35-36(24-38(26(3)4)42-40(35)39(30)41-37)29-16-14-28(15-17-29)32-22-21-31(27-10-6-5-7-11-27)33-12-8-9-13-34(32)33/h5-26H,1-4H3. The van der Waals surface area contributed by atoms with Gasteiger partial charge in [0.05, 0.1) is 11.0 Å². The molecule has 0 saturated carbocycles. The highest BCUT2D eigenvalue weighted by molar-refractivity contribution is 6.09. The first-order valence-corrected chi connectivity index (χ1v) is 14.9. The molecule has 0 bridgehead atoms. The topological polar surface area (TPSA) is 25.8 Å². The van der Waals surface area contributed by atoms with Crippen LogP contribution in [0.15, 0.2) is 121 Å². The van der Waals surface area contributed by atoms with Gasteiger partial charge < -0.3 is 0 Å². The maximum atomic E-state index is 5.16. The van der Waals surface area contributed by atoms with Gasteiger partial charge in [-0.15, -0.1) is 0 Å². The number of fused-ring (bicyclic) bond motifs is 4. The van der Waals surface area contributed by atoms with Crippen LogP contribution >= 0.6 is 0 Å². The van der Waals surface area contributed by atoms with Crippen LogP contribution in [-0.2, 0) is 0 Å². The average molecular weight is 543 g/mol. The molecule has 7 aromatic rings. The largest absolute Gasteiger partial charge is 0.250 e. The number of aromatic nitrogens is 2. The molecule has 0 saturated heterocycles. The Morgan fingerprint density at radius 3 is 1.55 bits per heavy atom. The predicted octanol–water partition coefficient (Wildman–Crippen LogP) is 11.2. The van der Waals surface area contributed by atoms with Crippen molar-refractivity contribution in [2.75, 3.05) is 0 Å². The van der Waals surface area contributed by atoms with Crippen LogP contribution in [0.4, 0.5) is 0 Å². The van der Waals surface area contributed by atoms with Crippen molar-refractivity contribution in [3.63, 3.8) is 0 Å². The third kappa shape index (κ3) is 4.54. The first kappa shape index (κ1) is 26.1. The van der Waals surface area contributed by atoms with Crippen LogP contribution in [0.5, 0.6) is 0 Å². The quantitative estimate of drug-likeness (QED) is 0.202. The monoisotopic (exact) mass is 542 g/mol. The summed E-state index contributed by atoms with van der Waals surface area (Å²) in [6.07, 6.45) is 0. The molecule has 0 spiro atoms. The minimum atomic E-state index is 0.311. The summed E-state index contributed by atoms with van der Waals surface area (Å²) in [5, 5.41) is 4.81. The normalized spacial score (nSPS) is 11.8. The van der Waals surface area contributed by atoms with E-state index in [-0.39, 0.29) is 0 Å². The lowest BCUT2D eigenvalue weighted by Gasteiger charge is -2.15. The molecule has 0 unspecified atom stereocenters. The van der Waals surface area contributed by atoms with Crippen LogP contribution in [-0.4, -0.2) is 9.97 Å². The second kappa shape index (κ2) is 10.5. The van der Waals surface area contributed by atoms with E-state index < -0.39 is 0 Å². The summed E-state index contributed by atoms with van der Waals surface area (Å²) in [4.78, 5) is 10.2. The summed E-state index contributed by atoms with van der Waals surface area (Å²) >= 11 is 0. The number of nitrogens with zero attached hydrogens (tertiary/aromatic N) is 2. The number of benzene rings is 5. The van der Waals surface area contributed by atoms with E-state index in [0.717, 1.165) is 33.2 Å². The molecule has 204 valence electrons. The molecule has 0 N–H and O–H groups in total. The SMILES string of the molecule is CC(C)c1ccc2ccc3c(-c4ccc(-c5ccc(-c6ccccc6)c6ccccc56)cc4)cc(C(C)C)nc3c2n1. The molecule has 7 rings (SSSR count). The molecule has 0 aliphatic rings. The Morgan fingerprint density at radius 2 is 0.929 bits per heavy atom. The van der Waals surface area contributed by atoms with Crippen molar-refractivity contribution in [2.24, 2.45) is 0 Å². The fraction of sp³-hybridized carbons (Fsp3) is 0.150. The van der Waals surface area contributed by atoms with Crippen molar-refractivity contribution in [3.05, 3.63) is 133 Å². The van der Waals surface area contributed by atoms with Crippen molar-refractivity contribution in [2.45, 2.75) is 39.5 Å². The molecule has 2 heteroatoms. The molecule has 0 amide bonds. The summed E-state index contributed by atoms with van der Waals surface area (Å²) in [6, 6.07) is 43.9. The van der Waals surface area contributed by atoms with E-state index >= 15 is 0 Å². The highest BCUT2D eigenvalue weighted by Crippen LogP contribution is 2.38. The predicted molar refractivity (Wildman–Crippen MR) is 179 cm³/mol. The van der Waals surface area contributed by atoms with Crippen molar-refractivity contribution >= 4 is 32.6 Å². The summed E-state index contributed by atoms with van der Waals surface area (Å²) < 4.78 is 0. The number of hydrogen-bond acceptors (Lipinski definition) is 2. The van der Waals surface area contributed by atoms with E-state index in [4.69, 9.17) is 9.97 Å². The Bertz CT molecular complexity index is 2070. The Kier molecular flexibility index (Phi) is 6.55. The summed E-state index contributed by atoms with van der Waals surface area (Å²) in [5.74, 6) is 0.674. The van der Waals surface area contributed by atoms with Crippen LogP contribution in [0.1, 0.15) is 50.9 Å². The van der Waals surface area contributed by atoms with Crippen LogP contribution in [0.2, 0.25) is 0 Å². The third-order valence-electron chi connectivity index (χ3n) is 8.38. The lowest BCUT2D eigenvalue weighted by molar-refractivity contribution is 0.826. The fourth-order valence-corrected chi connectivity index (χ4v) is 6.01. The van der Waals surface area contributed by atoms with Gasteiger partial charge in [0.25, 0.3) is 0 Å². The number of pyridine rings is 2. The minimum Gasteiger partial charge on any atom is -0.250 e. The second-order valence-electron chi connectivity index (χ2n) is 11.8. The van der Waals surface area contributed by atoms with Gasteiger partial charge >= 0.3 is 0 Å². The molecule has 2 aromatic heterocycles. The third-order valence-corrected chi connectivity index (χ3v) is 8.38. The van der Waals surface area contributed by atoms with Crippen LogP contribution in [0.3, 0.4) is 0 Å². The Morgan fingerprint density at radius 1 is 0.405 bits per heavy atom. The van der Waals surface area contributed by atoms with E-state index in [1.807, 2.05) is 0 Å². The van der Waals surface area contributed by atoms with E-state index in [2.05, 4.69) is 149 Å². The van der Waals surface area contributed by atoms with Gasteiger partial charge in [-0.2, -0.15) is 0 Å². The molecule has 2 nitrogen and oxygen atoms in total. The van der Waals surface area contributed by atoms with Crippen LogP contribution < -0.4 is 0 Å². The second-order valence-corrected chi connectivity index (χ2v) is 11.8. The molecule has 0 aliphatic heterocycles. The zero-order chi connectivity index (χ0) is 28.8. The van der Waals surface area contributed by atoms with E-state index in [1.54, 1.807) is 0 Å². The van der Waals surface area contributed by atoms with Crippen molar-refractivity contribution in [1.29, 1.82) is 0 Å². The van der Waals surface area contributed by atoms with E-state index in [0.29, 0.717) is 11.8 Å². The van der Waals surface area contributed by atoms with Gasteiger partial charge in [0.2, 0.25) is 0 Å².